The quantitative estimate of drug-likeness (QED) is 0.232. The number of aromatic hydroxyl groups is 1. The van der Waals surface area contributed by atoms with Crippen molar-refractivity contribution < 1.29 is 14.6 Å². The highest BCUT2D eigenvalue weighted by atomic mass is 79.9. The van der Waals surface area contributed by atoms with E-state index in [1.54, 1.807) is 18.8 Å². The minimum Gasteiger partial charge on any atom is -0.497 e. The molecule has 0 amide bonds. The number of imidazole rings is 1. The molecule has 1 atom stereocenters. The van der Waals surface area contributed by atoms with Crippen molar-refractivity contribution in [2.24, 2.45) is 0 Å². The molecule has 8 heteroatoms. The maximum atomic E-state index is 11.6. The maximum Gasteiger partial charge on any atom is 0.218 e. The first kappa shape index (κ1) is 22.9. The Morgan fingerprint density at radius 3 is 2.42 bits per heavy atom. The number of aromatic amines is 1. The highest BCUT2D eigenvalue weighted by molar-refractivity contribution is 9.10. The fourth-order valence-electron chi connectivity index (χ4n) is 5.27. The largest absolute Gasteiger partial charge is 0.497 e. The SMILES string of the molecule is COc1ccc(C2c3[nH]c4ccc(Br)cc4c3Cc3c(O)n(-c4ccc(OC)cc4C)c(=S)n32)cc1. The van der Waals surface area contributed by atoms with E-state index in [-0.39, 0.29) is 11.9 Å². The molecule has 3 heterocycles. The third-order valence-corrected chi connectivity index (χ3v) is 7.88. The van der Waals surface area contributed by atoms with E-state index in [1.807, 2.05) is 43.3 Å². The number of aryl methyl sites for hydroxylation is 1. The second kappa shape index (κ2) is 8.57. The molecule has 5 aromatic rings. The standard InChI is InChI=1S/C28H24BrN3O3S/c1-15-12-19(35-3)9-11-23(15)32-27(33)24-14-21-20-13-17(29)6-10-22(20)30-25(21)26(31(24)28(32)36)16-4-7-18(34-2)8-5-16/h4-13,26,30,33H,14H2,1-3H3. The van der Waals surface area contributed by atoms with Gasteiger partial charge in [-0.15, -0.1) is 0 Å². The lowest BCUT2D eigenvalue weighted by Crippen LogP contribution is -2.21. The Morgan fingerprint density at radius 2 is 1.72 bits per heavy atom. The number of nitrogens with one attached hydrogen (secondary N) is 1. The zero-order chi connectivity index (χ0) is 25.1. The first-order valence-corrected chi connectivity index (χ1v) is 12.8. The summed E-state index contributed by atoms with van der Waals surface area (Å²) in [6, 6.07) is 19.8. The Morgan fingerprint density at radius 1 is 1.00 bits per heavy atom. The van der Waals surface area contributed by atoms with Crippen LogP contribution in [0, 0.1) is 11.7 Å². The van der Waals surface area contributed by atoms with Crippen LogP contribution in [0.4, 0.5) is 0 Å². The van der Waals surface area contributed by atoms with E-state index in [0.717, 1.165) is 60.6 Å². The Labute approximate surface area is 221 Å². The summed E-state index contributed by atoms with van der Waals surface area (Å²) in [6.07, 6.45) is 0.552. The molecule has 1 aliphatic heterocycles. The molecule has 0 radical (unpaired) electrons. The minimum absolute atomic E-state index is 0.154. The van der Waals surface area contributed by atoms with E-state index < -0.39 is 0 Å². The molecule has 0 saturated carbocycles. The molecule has 2 N–H and O–H groups in total. The summed E-state index contributed by atoms with van der Waals surface area (Å²) in [5, 5.41) is 12.7. The van der Waals surface area contributed by atoms with Crippen molar-refractivity contribution in [3.8, 4) is 23.1 Å². The first-order chi connectivity index (χ1) is 17.4. The molecule has 0 spiro atoms. The number of fused-ring (bicyclic) bond motifs is 4. The van der Waals surface area contributed by atoms with E-state index in [1.165, 1.54) is 0 Å². The number of H-pyrrole nitrogens is 1. The Balaban J connectivity index is 1.63. The molecule has 1 unspecified atom stereocenters. The zero-order valence-electron chi connectivity index (χ0n) is 20.0. The Kier molecular flexibility index (Phi) is 5.46. The lowest BCUT2D eigenvalue weighted by Gasteiger charge is -2.26. The number of methoxy groups -OCH3 is 2. The van der Waals surface area contributed by atoms with Crippen molar-refractivity contribution >= 4 is 39.1 Å². The van der Waals surface area contributed by atoms with Gasteiger partial charge in [0.05, 0.1) is 25.6 Å². The minimum atomic E-state index is -0.237. The average molecular weight is 562 g/mol. The van der Waals surface area contributed by atoms with Crippen LogP contribution in [0.15, 0.2) is 65.1 Å². The van der Waals surface area contributed by atoms with Crippen molar-refractivity contribution in [2.75, 3.05) is 14.2 Å². The summed E-state index contributed by atoms with van der Waals surface area (Å²) in [4.78, 5) is 3.66. The molecule has 182 valence electrons. The molecular formula is C28H24BrN3O3S. The van der Waals surface area contributed by atoms with Gasteiger partial charge in [0.25, 0.3) is 0 Å². The van der Waals surface area contributed by atoms with Crippen molar-refractivity contribution in [1.82, 2.24) is 14.1 Å². The lowest BCUT2D eigenvalue weighted by molar-refractivity contribution is 0.414. The van der Waals surface area contributed by atoms with Gasteiger partial charge in [0.2, 0.25) is 5.88 Å². The van der Waals surface area contributed by atoms with Crippen LogP contribution in [0.2, 0.25) is 0 Å². The van der Waals surface area contributed by atoms with Gasteiger partial charge >= 0.3 is 0 Å². The topological polar surface area (TPSA) is 64.3 Å². The Bertz CT molecular complexity index is 1700. The number of nitrogens with zero attached hydrogens (tertiary/aromatic N) is 2. The van der Waals surface area contributed by atoms with Crippen molar-refractivity contribution in [3.63, 3.8) is 0 Å². The summed E-state index contributed by atoms with van der Waals surface area (Å²) < 4.78 is 16.2. The van der Waals surface area contributed by atoms with Gasteiger partial charge in [-0.25, -0.2) is 0 Å². The Hall–Kier alpha value is -3.49. The lowest BCUT2D eigenvalue weighted by atomic mass is 9.93. The monoisotopic (exact) mass is 561 g/mol. The number of aromatic nitrogens is 3. The van der Waals surface area contributed by atoms with Gasteiger partial charge in [0.15, 0.2) is 4.77 Å². The van der Waals surface area contributed by atoms with Crippen LogP contribution in [-0.4, -0.2) is 33.4 Å². The first-order valence-electron chi connectivity index (χ1n) is 11.5. The van der Waals surface area contributed by atoms with Gasteiger partial charge in [-0.1, -0.05) is 28.1 Å². The van der Waals surface area contributed by atoms with E-state index in [0.29, 0.717) is 11.2 Å². The number of hydrogen-bond donors (Lipinski definition) is 2. The maximum absolute atomic E-state index is 11.6. The van der Waals surface area contributed by atoms with Crippen molar-refractivity contribution in [1.29, 1.82) is 0 Å². The van der Waals surface area contributed by atoms with E-state index in [2.05, 4.69) is 49.7 Å². The molecule has 2 aromatic heterocycles. The van der Waals surface area contributed by atoms with E-state index in [9.17, 15) is 5.11 Å². The summed E-state index contributed by atoms with van der Waals surface area (Å²) in [5.41, 5.74) is 6.88. The predicted molar refractivity (Wildman–Crippen MR) is 147 cm³/mol. The summed E-state index contributed by atoms with van der Waals surface area (Å²) >= 11 is 9.67. The number of ether oxygens (including phenoxy) is 2. The molecule has 0 saturated heterocycles. The number of hydrogen-bond acceptors (Lipinski definition) is 4. The molecule has 3 aromatic carbocycles. The van der Waals surface area contributed by atoms with Crippen LogP contribution in [0.3, 0.4) is 0 Å². The van der Waals surface area contributed by atoms with Crippen LogP contribution in [0.1, 0.15) is 34.1 Å². The number of halogens is 1. The fourth-order valence-corrected chi connectivity index (χ4v) is 6.03. The molecule has 1 aliphatic rings. The van der Waals surface area contributed by atoms with Crippen molar-refractivity contribution in [3.05, 3.63) is 98.0 Å². The third-order valence-electron chi connectivity index (χ3n) is 7.01. The predicted octanol–water partition coefficient (Wildman–Crippen LogP) is 6.83. The van der Waals surface area contributed by atoms with Crippen LogP contribution in [-0.2, 0) is 6.42 Å². The molecular weight excluding hydrogens is 538 g/mol. The number of benzene rings is 3. The fraction of sp³-hybridized carbons (Fsp3) is 0.179. The van der Waals surface area contributed by atoms with Crippen molar-refractivity contribution in [2.45, 2.75) is 19.4 Å². The van der Waals surface area contributed by atoms with Gasteiger partial charge in [-0.2, -0.15) is 0 Å². The third kappa shape index (κ3) is 3.39. The van der Waals surface area contributed by atoms with Crippen LogP contribution in [0.5, 0.6) is 17.4 Å². The molecule has 0 bridgehead atoms. The molecule has 0 fully saturated rings. The molecule has 6 rings (SSSR count). The van der Waals surface area contributed by atoms with Gasteiger partial charge in [0, 0.05) is 27.5 Å². The van der Waals surface area contributed by atoms with Crippen LogP contribution < -0.4 is 9.47 Å². The second-order valence-electron chi connectivity index (χ2n) is 8.97. The number of rotatable bonds is 4. The summed E-state index contributed by atoms with van der Waals surface area (Å²) in [7, 11) is 3.30. The zero-order valence-corrected chi connectivity index (χ0v) is 22.4. The summed E-state index contributed by atoms with van der Waals surface area (Å²) in [5.74, 6) is 1.70. The molecule has 0 aliphatic carbocycles. The van der Waals surface area contributed by atoms with Gasteiger partial charge < -0.3 is 24.1 Å². The molecule has 36 heavy (non-hydrogen) atoms. The van der Waals surface area contributed by atoms with Crippen LogP contribution in [0.25, 0.3) is 16.6 Å². The van der Waals surface area contributed by atoms with Gasteiger partial charge in [-0.3, -0.25) is 4.57 Å². The second-order valence-corrected chi connectivity index (χ2v) is 10.3. The normalized spacial score (nSPS) is 14.5. The smallest absolute Gasteiger partial charge is 0.218 e. The average Bonchev–Trinajstić information content (AvgIpc) is 3.37. The van der Waals surface area contributed by atoms with Gasteiger partial charge in [0.1, 0.15) is 17.5 Å². The van der Waals surface area contributed by atoms with Gasteiger partial charge in [-0.05, 0) is 84.4 Å². The highest BCUT2D eigenvalue weighted by Gasteiger charge is 2.35. The highest BCUT2D eigenvalue weighted by Crippen LogP contribution is 2.44. The summed E-state index contributed by atoms with van der Waals surface area (Å²) in [6.45, 7) is 1.99. The van der Waals surface area contributed by atoms with E-state index >= 15 is 0 Å². The molecule has 6 nitrogen and oxygen atoms in total. The van der Waals surface area contributed by atoms with Crippen LogP contribution >= 0.6 is 28.1 Å². The van der Waals surface area contributed by atoms with E-state index in [4.69, 9.17) is 21.7 Å².